The van der Waals surface area contributed by atoms with Crippen molar-refractivity contribution < 1.29 is 0 Å². The molecule has 0 aliphatic carbocycles. The SMILES string of the molecule is Cc1cc(Br)c(CS)c(Br)c1. The minimum absolute atomic E-state index is 0.751. The molecule has 60 valence electrons. The van der Waals surface area contributed by atoms with Crippen molar-refractivity contribution in [1.29, 1.82) is 0 Å². The third-order valence-corrected chi connectivity index (χ3v) is 3.17. The molecule has 0 atom stereocenters. The molecule has 0 fully saturated rings. The van der Waals surface area contributed by atoms with E-state index in [-0.39, 0.29) is 0 Å². The summed E-state index contributed by atoms with van der Waals surface area (Å²) in [7, 11) is 0. The van der Waals surface area contributed by atoms with Gasteiger partial charge in [-0.05, 0) is 30.2 Å². The summed E-state index contributed by atoms with van der Waals surface area (Å²) in [4.78, 5) is 0. The van der Waals surface area contributed by atoms with Crippen LogP contribution in [0.2, 0.25) is 0 Å². The third-order valence-electron chi connectivity index (χ3n) is 1.44. The number of hydrogen-bond donors (Lipinski definition) is 1. The number of rotatable bonds is 1. The van der Waals surface area contributed by atoms with Gasteiger partial charge in [-0.2, -0.15) is 12.6 Å². The molecule has 0 nitrogen and oxygen atoms in total. The zero-order chi connectivity index (χ0) is 8.43. The van der Waals surface area contributed by atoms with Gasteiger partial charge in [-0.1, -0.05) is 31.9 Å². The topological polar surface area (TPSA) is 0 Å². The van der Waals surface area contributed by atoms with Crippen LogP contribution in [0.25, 0.3) is 0 Å². The average Bonchev–Trinajstić information content (AvgIpc) is 1.85. The number of hydrogen-bond acceptors (Lipinski definition) is 1. The van der Waals surface area contributed by atoms with Crippen molar-refractivity contribution in [2.24, 2.45) is 0 Å². The van der Waals surface area contributed by atoms with Crippen LogP contribution in [0.3, 0.4) is 0 Å². The second kappa shape index (κ2) is 3.97. The maximum Gasteiger partial charge on any atom is 0.0229 e. The highest BCUT2D eigenvalue weighted by Crippen LogP contribution is 2.28. The molecule has 0 N–H and O–H groups in total. The Labute approximate surface area is 89.1 Å². The number of halogens is 2. The summed E-state index contributed by atoms with van der Waals surface area (Å²) in [6, 6.07) is 4.19. The molecule has 1 rings (SSSR count). The van der Waals surface area contributed by atoms with Gasteiger partial charge in [-0.25, -0.2) is 0 Å². The van der Waals surface area contributed by atoms with Crippen molar-refractivity contribution in [1.82, 2.24) is 0 Å². The predicted molar refractivity (Wildman–Crippen MR) is 59.3 cm³/mol. The molecule has 3 heteroatoms. The van der Waals surface area contributed by atoms with Gasteiger partial charge in [-0.15, -0.1) is 0 Å². The molecule has 0 amide bonds. The smallest absolute Gasteiger partial charge is 0.0229 e. The lowest BCUT2D eigenvalue weighted by atomic mass is 10.2. The van der Waals surface area contributed by atoms with Gasteiger partial charge in [0.1, 0.15) is 0 Å². The fraction of sp³-hybridized carbons (Fsp3) is 0.250. The van der Waals surface area contributed by atoms with Crippen LogP contribution in [0.4, 0.5) is 0 Å². The van der Waals surface area contributed by atoms with Crippen molar-refractivity contribution in [2.45, 2.75) is 12.7 Å². The highest BCUT2D eigenvalue weighted by atomic mass is 79.9. The zero-order valence-electron chi connectivity index (χ0n) is 6.06. The number of benzene rings is 1. The summed E-state index contributed by atoms with van der Waals surface area (Å²) < 4.78 is 2.25. The molecule has 0 heterocycles. The van der Waals surface area contributed by atoms with Gasteiger partial charge in [0, 0.05) is 14.7 Å². The molecule has 0 aliphatic rings. The zero-order valence-corrected chi connectivity index (χ0v) is 10.1. The Morgan fingerprint density at radius 3 is 2.09 bits per heavy atom. The summed E-state index contributed by atoms with van der Waals surface area (Å²) in [5.41, 5.74) is 2.45. The van der Waals surface area contributed by atoms with Crippen LogP contribution in [0.1, 0.15) is 11.1 Å². The lowest BCUT2D eigenvalue weighted by Gasteiger charge is -2.04. The van der Waals surface area contributed by atoms with Crippen LogP contribution in [0.5, 0.6) is 0 Å². The Morgan fingerprint density at radius 2 is 1.73 bits per heavy atom. The Kier molecular flexibility index (Phi) is 3.47. The minimum atomic E-state index is 0.751. The predicted octanol–water partition coefficient (Wildman–Crippen LogP) is 3.95. The standard InChI is InChI=1S/C8H8Br2S/c1-5-2-7(9)6(4-11)8(10)3-5/h2-3,11H,4H2,1H3. The molecule has 0 bridgehead atoms. The highest BCUT2D eigenvalue weighted by Gasteiger charge is 2.02. The average molecular weight is 296 g/mol. The van der Waals surface area contributed by atoms with Gasteiger partial charge < -0.3 is 0 Å². The third kappa shape index (κ3) is 2.23. The van der Waals surface area contributed by atoms with E-state index in [4.69, 9.17) is 0 Å². The number of aryl methyl sites for hydroxylation is 1. The van der Waals surface area contributed by atoms with Crippen LogP contribution < -0.4 is 0 Å². The monoisotopic (exact) mass is 294 g/mol. The van der Waals surface area contributed by atoms with E-state index in [1.54, 1.807) is 0 Å². The fourth-order valence-corrected chi connectivity index (χ4v) is 3.35. The lowest BCUT2D eigenvalue weighted by molar-refractivity contribution is 1.31. The summed E-state index contributed by atoms with van der Waals surface area (Å²) in [6.07, 6.45) is 0. The molecule has 0 aromatic heterocycles. The maximum absolute atomic E-state index is 4.22. The summed E-state index contributed by atoms with van der Waals surface area (Å²) in [5, 5.41) is 0. The molecule has 0 saturated heterocycles. The van der Waals surface area contributed by atoms with E-state index < -0.39 is 0 Å². The summed E-state index contributed by atoms with van der Waals surface area (Å²) in [5.74, 6) is 0.751. The molecular weight excluding hydrogens is 288 g/mol. The van der Waals surface area contributed by atoms with Crippen LogP contribution in [-0.4, -0.2) is 0 Å². The van der Waals surface area contributed by atoms with E-state index >= 15 is 0 Å². The largest absolute Gasteiger partial charge is 0.174 e. The van der Waals surface area contributed by atoms with Gasteiger partial charge in [0.25, 0.3) is 0 Å². The molecule has 0 spiro atoms. The van der Waals surface area contributed by atoms with E-state index in [1.807, 2.05) is 0 Å². The maximum atomic E-state index is 4.22. The molecule has 0 saturated carbocycles. The van der Waals surface area contributed by atoms with Crippen molar-refractivity contribution in [2.75, 3.05) is 0 Å². The van der Waals surface area contributed by atoms with E-state index in [9.17, 15) is 0 Å². The molecule has 0 aliphatic heterocycles. The normalized spacial score (nSPS) is 10.2. The van der Waals surface area contributed by atoms with Crippen molar-refractivity contribution in [3.8, 4) is 0 Å². The Morgan fingerprint density at radius 1 is 1.27 bits per heavy atom. The minimum Gasteiger partial charge on any atom is -0.174 e. The first-order valence-electron chi connectivity index (χ1n) is 3.20. The first-order valence-corrected chi connectivity index (χ1v) is 5.42. The van der Waals surface area contributed by atoms with Crippen molar-refractivity contribution >= 4 is 44.5 Å². The molecule has 11 heavy (non-hydrogen) atoms. The van der Waals surface area contributed by atoms with Crippen LogP contribution in [0, 0.1) is 6.92 Å². The first-order chi connectivity index (χ1) is 5.15. The second-order valence-corrected chi connectivity index (χ2v) is 4.39. The second-order valence-electron chi connectivity index (χ2n) is 2.37. The molecule has 1 aromatic carbocycles. The Bertz CT molecular complexity index is 248. The number of thiol groups is 1. The van der Waals surface area contributed by atoms with Crippen molar-refractivity contribution in [3.63, 3.8) is 0 Å². The molecule has 0 radical (unpaired) electrons. The Balaban J connectivity index is 3.25. The van der Waals surface area contributed by atoms with Crippen LogP contribution in [-0.2, 0) is 5.75 Å². The van der Waals surface area contributed by atoms with Gasteiger partial charge in [-0.3, -0.25) is 0 Å². The summed E-state index contributed by atoms with van der Waals surface area (Å²) >= 11 is 11.2. The van der Waals surface area contributed by atoms with E-state index in [1.165, 1.54) is 11.1 Å². The Hall–Kier alpha value is 0.530. The first kappa shape index (κ1) is 9.62. The fourth-order valence-electron chi connectivity index (χ4n) is 0.881. The lowest BCUT2D eigenvalue weighted by Crippen LogP contribution is -1.84. The highest BCUT2D eigenvalue weighted by molar-refractivity contribution is 9.11. The van der Waals surface area contributed by atoms with Gasteiger partial charge in [0.05, 0.1) is 0 Å². The molecule has 0 unspecified atom stereocenters. The van der Waals surface area contributed by atoms with Crippen LogP contribution in [0.15, 0.2) is 21.1 Å². The van der Waals surface area contributed by atoms with E-state index in [2.05, 4.69) is 63.5 Å². The van der Waals surface area contributed by atoms with Gasteiger partial charge in [0.15, 0.2) is 0 Å². The molecular formula is C8H8Br2S. The summed E-state index contributed by atoms with van der Waals surface area (Å²) in [6.45, 7) is 2.07. The van der Waals surface area contributed by atoms with Crippen molar-refractivity contribution in [3.05, 3.63) is 32.2 Å². The van der Waals surface area contributed by atoms with E-state index in [0.29, 0.717) is 0 Å². The quantitative estimate of drug-likeness (QED) is 0.745. The van der Waals surface area contributed by atoms with E-state index in [0.717, 1.165) is 14.7 Å². The van der Waals surface area contributed by atoms with Crippen LogP contribution >= 0.6 is 44.5 Å². The molecule has 1 aromatic rings. The van der Waals surface area contributed by atoms with Gasteiger partial charge >= 0.3 is 0 Å². The van der Waals surface area contributed by atoms with Gasteiger partial charge in [0.2, 0.25) is 0 Å².